The van der Waals surface area contributed by atoms with E-state index in [0.717, 1.165) is 44.9 Å². The van der Waals surface area contributed by atoms with Gasteiger partial charge >= 0.3 is 6.09 Å². The molecule has 224 valence electrons. The summed E-state index contributed by atoms with van der Waals surface area (Å²) in [5.74, 6) is 1.21. The van der Waals surface area contributed by atoms with Crippen LogP contribution in [0.1, 0.15) is 96.8 Å². The molecule has 3 saturated carbocycles. The number of pyridine rings is 1. The quantitative estimate of drug-likeness (QED) is 0.327. The number of nitrogens with two attached hydrogens (primary N) is 1. The molecule has 3 unspecified atom stereocenters. The normalized spacial score (nSPS) is 34.0. The lowest BCUT2D eigenvalue weighted by Gasteiger charge is -2.72. The van der Waals surface area contributed by atoms with E-state index in [4.69, 9.17) is 15.6 Å². The fourth-order valence-electron chi connectivity index (χ4n) is 7.84. The number of ketones is 1. The summed E-state index contributed by atoms with van der Waals surface area (Å²) >= 11 is 0. The first-order chi connectivity index (χ1) is 18.8. The molecule has 7 atom stereocenters. The molecule has 1 spiro atoms. The van der Waals surface area contributed by atoms with Crippen molar-refractivity contribution >= 4 is 23.5 Å². The van der Waals surface area contributed by atoms with E-state index >= 15 is 0 Å². The number of fused-ring (bicyclic) bond motifs is 2. The Bertz CT molecular complexity index is 1090. The number of rotatable bonds is 5. The van der Waals surface area contributed by atoms with Gasteiger partial charge in [0.1, 0.15) is 5.78 Å². The predicted molar refractivity (Wildman–Crippen MR) is 156 cm³/mol. The molecule has 0 aliphatic heterocycles. The number of amides is 2. The number of ether oxygens (including phenoxy) is 1. The number of aliphatic hydroxyl groups excluding tert-OH is 1. The smallest absolute Gasteiger partial charge is 0.411 e. The van der Waals surface area contributed by atoms with Crippen LogP contribution >= 0.6 is 0 Å². The molecule has 0 saturated heterocycles. The number of carbonyl (C=O) groups is 3. The highest BCUT2D eigenvalue weighted by molar-refractivity contribution is 6.02. The van der Waals surface area contributed by atoms with E-state index in [1.165, 1.54) is 19.4 Å². The van der Waals surface area contributed by atoms with Crippen LogP contribution in [-0.2, 0) is 4.79 Å². The van der Waals surface area contributed by atoms with E-state index in [9.17, 15) is 19.5 Å². The monoisotopic (exact) mass is 559 g/mol. The van der Waals surface area contributed by atoms with Gasteiger partial charge in [-0.15, -0.1) is 6.58 Å². The molecule has 40 heavy (non-hydrogen) atoms. The molecule has 3 aliphatic carbocycles. The van der Waals surface area contributed by atoms with Crippen molar-refractivity contribution in [2.24, 2.45) is 34.0 Å². The van der Waals surface area contributed by atoms with Gasteiger partial charge in [0.2, 0.25) is 5.88 Å². The molecule has 5 N–H and O–H groups in total. The van der Waals surface area contributed by atoms with E-state index in [1.807, 2.05) is 19.9 Å². The molecule has 1 aromatic heterocycles. The second kappa shape index (κ2) is 13.1. The summed E-state index contributed by atoms with van der Waals surface area (Å²) in [7, 11) is 1.38. The average Bonchev–Trinajstić information content (AvgIpc) is 2.92. The molecule has 2 amide bonds. The molecule has 1 aromatic rings. The Hall–Kier alpha value is -2.94. The molecule has 3 aliphatic rings. The lowest BCUT2D eigenvalue weighted by Crippen LogP contribution is -2.70. The predicted octanol–water partition coefficient (Wildman–Crippen LogP) is 5.87. The number of nitrogens with one attached hydrogen (secondary N) is 1. The van der Waals surface area contributed by atoms with Crippen molar-refractivity contribution in [2.75, 3.05) is 12.8 Å². The van der Waals surface area contributed by atoms with Gasteiger partial charge in [0.25, 0.3) is 5.91 Å². The van der Waals surface area contributed by atoms with Gasteiger partial charge < -0.3 is 20.7 Å². The highest BCUT2D eigenvalue weighted by Crippen LogP contribution is 2.74. The Balaban J connectivity index is 0.000000287. The Morgan fingerprint density at radius 2 is 1.95 bits per heavy atom. The summed E-state index contributed by atoms with van der Waals surface area (Å²) in [5.41, 5.74) is 5.61. The third-order valence-electron chi connectivity index (χ3n) is 9.71. The van der Waals surface area contributed by atoms with Gasteiger partial charge in [-0.1, -0.05) is 54.0 Å². The number of nitrogens with zero attached hydrogens (tertiary/aromatic N) is 1. The van der Waals surface area contributed by atoms with Gasteiger partial charge in [0.05, 0.1) is 24.5 Å². The molecule has 0 aromatic carbocycles. The van der Waals surface area contributed by atoms with Crippen molar-refractivity contribution in [1.29, 1.82) is 0 Å². The van der Waals surface area contributed by atoms with Crippen molar-refractivity contribution in [3.8, 4) is 5.88 Å². The average molecular weight is 560 g/mol. The van der Waals surface area contributed by atoms with Crippen LogP contribution in [0.15, 0.2) is 24.9 Å². The maximum Gasteiger partial charge on any atom is 0.411 e. The van der Waals surface area contributed by atoms with Gasteiger partial charge in [-0.25, -0.2) is 9.78 Å². The summed E-state index contributed by atoms with van der Waals surface area (Å²) < 4.78 is 4.78. The maximum absolute atomic E-state index is 12.8. The van der Waals surface area contributed by atoms with Crippen LogP contribution in [-0.4, -0.2) is 46.2 Å². The lowest BCUT2D eigenvalue weighted by atomic mass is 9.31. The fourth-order valence-corrected chi connectivity index (χ4v) is 7.84. The fraction of sp³-hybridized carbons (Fsp3) is 0.677. The Morgan fingerprint density at radius 1 is 1.30 bits per heavy atom. The molecule has 0 radical (unpaired) electrons. The van der Waals surface area contributed by atoms with Crippen LogP contribution in [0.2, 0.25) is 0 Å². The number of aromatic nitrogens is 1. The number of aliphatic hydroxyl groups is 1. The second-order valence-corrected chi connectivity index (χ2v) is 11.8. The van der Waals surface area contributed by atoms with Crippen LogP contribution in [0.25, 0.3) is 0 Å². The van der Waals surface area contributed by atoms with Crippen molar-refractivity contribution in [3.63, 3.8) is 0 Å². The van der Waals surface area contributed by atoms with Crippen molar-refractivity contribution in [2.45, 2.75) is 92.6 Å². The zero-order chi connectivity index (χ0) is 30.5. The molecule has 1 heterocycles. The first-order valence-corrected chi connectivity index (χ1v) is 14.5. The molecule has 2 bridgehead atoms. The second-order valence-electron chi connectivity index (χ2n) is 11.8. The first-order valence-electron chi connectivity index (χ1n) is 14.5. The minimum Gasteiger partial charge on any atom is -0.480 e. The molecule has 9 nitrogen and oxygen atoms in total. The van der Waals surface area contributed by atoms with Crippen LogP contribution in [0.3, 0.4) is 0 Å². The van der Waals surface area contributed by atoms with E-state index < -0.39 is 12.0 Å². The Morgan fingerprint density at radius 3 is 2.48 bits per heavy atom. The van der Waals surface area contributed by atoms with Gasteiger partial charge in [-0.2, -0.15) is 0 Å². The number of nitrogen functional groups attached to an aromatic ring is 1. The molecule has 9 heteroatoms. The number of anilines is 1. The number of hydrogen-bond acceptors (Lipinski definition) is 7. The van der Waals surface area contributed by atoms with Crippen molar-refractivity contribution in [1.82, 2.24) is 10.3 Å². The number of Topliss-reactive ketones (excluding diaryl/α,β-unsaturated/α-hetero) is 1. The van der Waals surface area contributed by atoms with Crippen LogP contribution in [0.5, 0.6) is 5.88 Å². The van der Waals surface area contributed by atoms with E-state index in [2.05, 4.69) is 39.3 Å². The number of imide groups is 1. The zero-order valence-electron chi connectivity index (χ0n) is 25.3. The molecular weight excluding hydrogens is 510 g/mol. The minimum atomic E-state index is -1.44. The highest BCUT2D eigenvalue weighted by atomic mass is 16.5. The first kappa shape index (κ1) is 33.3. The van der Waals surface area contributed by atoms with Crippen LogP contribution < -0.4 is 15.8 Å². The largest absolute Gasteiger partial charge is 0.480 e. The van der Waals surface area contributed by atoms with Crippen LogP contribution in [0, 0.1) is 34.0 Å². The van der Waals surface area contributed by atoms with Crippen molar-refractivity contribution in [3.05, 3.63) is 30.5 Å². The number of methoxy groups -OCH3 is 1. The third-order valence-corrected chi connectivity index (χ3v) is 9.71. The summed E-state index contributed by atoms with van der Waals surface area (Å²) in [4.78, 5) is 37.9. The van der Waals surface area contributed by atoms with E-state index in [-0.39, 0.29) is 45.4 Å². The van der Waals surface area contributed by atoms with Crippen LogP contribution in [0.4, 0.5) is 10.5 Å². The van der Waals surface area contributed by atoms with Gasteiger partial charge in [0.15, 0.2) is 0 Å². The van der Waals surface area contributed by atoms with Gasteiger partial charge in [0, 0.05) is 23.4 Å². The van der Waals surface area contributed by atoms with Crippen molar-refractivity contribution < 1.29 is 29.3 Å². The van der Waals surface area contributed by atoms with Gasteiger partial charge in [-0.05, 0) is 61.3 Å². The summed E-state index contributed by atoms with van der Waals surface area (Å²) in [6.45, 7) is 17.0. The number of carboxylic acid groups (broad SMARTS) is 1. The third kappa shape index (κ3) is 5.90. The standard InChI is InChI=1S/C21H34O2.C8H9N3O4.C2H6/c1-6-10-21-13-20(12-9-16(21)22)15(4)18(23)19(5,7-2)11-8-14(3)17(20)21;1-15-7-5(9)2-4(3-10-7)6(12)11-8(13)14;1-2/h7,14-15,17-18,23H,2,6,8-13H2,1,3-5H3;2-3H,9H2,1H3,(H,11,12)(H,13,14);1-2H3/t14-,15+,17?,18?,19-,20-,21?;;/m1../s1. The topological polar surface area (TPSA) is 152 Å². The molecule has 3 fully saturated rings. The summed E-state index contributed by atoms with van der Waals surface area (Å²) in [6, 6.07) is 1.28. The number of hydrogen-bond donors (Lipinski definition) is 4. The number of carbonyl (C=O) groups excluding carboxylic acids is 2. The highest BCUT2D eigenvalue weighted by Gasteiger charge is 2.72. The zero-order valence-corrected chi connectivity index (χ0v) is 25.3. The Labute approximate surface area is 239 Å². The Kier molecular flexibility index (Phi) is 10.9. The maximum atomic E-state index is 12.8. The SMILES string of the molecule is C=C[C@]1(C)CC[C@@H](C)C2C3(CCC)C[C@]2(CCC3=O)[C@@H](C)C1O.CC.COc1ncc(C(=O)NC(=O)O)cc1N. The summed E-state index contributed by atoms with van der Waals surface area (Å²) in [5, 5.41) is 21.1. The van der Waals surface area contributed by atoms with E-state index in [1.54, 1.807) is 5.32 Å². The van der Waals surface area contributed by atoms with Gasteiger partial charge in [-0.3, -0.25) is 14.9 Å². The molecule has 4 rings (SSSR count). The summed E-state index contributed by atoms with van der Waals surface area (Å²) in [6.07, 6.45) is 8.31. The molecular formula is C31H49N3O6. The minimum absolute atomic E-state index is 0.0516. The van der Waals surface area contributed by atoms with E-state index in [0.29, 0.717) is 17.6 Å². The lowest BCUT2D eigenvalue weighted by molar-refractivity contribution is -0.240.